The molecule has 280 valence electrons. The summed E-state index contributed by atoms with van der Waals surface area (Å²) >= 11 is 0. The average molecular weight is 715 g/mol. The van der Waals surface area contributed by atoms with Gasteiger partial charge in [0.05, 0.1) is 26.4 Å². The van der Waals surface area contributed by atoms with Crippen molar-refractivity contribution in [3.05, 3.63) is 48.2 Å². The fourth-order valence-electron chi connectivity index (χ4n) is 5.55. The molecule has 2 amide bonds. The largest absolute Gasteiger partial charge is 0.467 e. The lowest BCUT2D eigenvalue weighted by molar-refractivity contribution is -0.0116. The number of benzene rings is 2. The summed E-state index contributed by atoms with van der Waals surface area (Å²) in [5.41, 5.74) is 1.07. The number of hydrogen-bond donors (Lipinski definition) is 2. The minimum atomic E-state index is -0.968. The molecule has 1 saturated heterocycles. The summed E-state index contributed by atoms with van der Waals surface area (Å²) in [7, 11) is 7.05. The third kappa shape index (κ3) is 11.2. The maximum atomic E-state index is 13.5. The zero-order valence-electron chi connectivity index (χ0n) is 30.4. The zero-order chi connectivity index (χ0) is 37.0. The minimum absolute atomic E-state index is 0.0356. The van der Waals surface area contributed by atoms with E-state index in [0.717, 1.165) is 5.69 Å². The van der Waals surface area contributed by atoms with Crippen molar-refractivity contribution < 1.29 is 52.4 Å². The standard InChI is InChI=1S/C36H50N4O11/c1-36(2,3)32-18-24(12-13-40(32)35(42)43)37-34(41)28-21-31(51-38-28)33-29(49-23-47-17-15-45-7)19-27(48-22-46-16-14-44-6)20-30(33)50-26-10-8-25(9-11-26)39(4)5/h8-11,19-21,24,32H,12-18,22-23H2,1-7H3,(H,37,41)(H,42,43). The van der Waals surface area contributed by atoms with Crippen molar-refractivity contribution in [3.63, 3.8) is 0 Å². The lowest BCUT2D eigenvalue weighted by atomic mass is 9.79. The molecule has 2 N–H and O–H groups in total. The molecule has 0 saturated carbocycles. The van der Waals surface area contributed by atoms with Crippen LogP contribution < -0.4 is 24.4 Å². The van der Waals surface area contributed by atoms with Crippen LogP contribution in [0.3, 0.4) is 0 Å². The summed E-state index contributed by atoms with van der Waals surface area (Å²) in [5.74, 6) is 1.22. The van der Waals surface area contributed by atoms with Crippen molar-refractivity contribution in [2.75, 3.05) is 79.8 Å². The number of piperidine rings is 1. The van der Waals surface area contributed by atoms with Crippen LogP contribution in [0.1, 0.15) is 44.1 Å². The van der Waals surface area contributed by atoms with Gasteiger partial charge in [-0.1, -0.05) is 25.9 Å². The molecule has 1 aliphatic heterocycles. The number of aromatic nitrogens is 1. The Labute approximate surface area is 298 Å². The van der Waals surface area contributed by atoms with Crippen LogP contribution in [0.15, 0.2) is 47.0 Å². The highest BCUT2D eigenvalue weighted by molar-refractivity contribution is 5.93. The number of likely N-dealkylation sites (tertiary alicyclic amines) is 1. The fourth-order valence-corrected chi connectivity index (χ4v) is 5.55. The first-order valence-electron chi connectivity index (χ1n) is 16.7. The third-order valence-electron chi connectivity index (χ3n) is 8.26. The van der Waals surface area contributed by atoms with E-state index in [4.69, 9.17) is 37.7 Å². The van der Waals surface area contributed by atoms with Crippen LogP contribution in [-0.2, 0) is 18.9 Å². The minimum Gasteiger partial charge on any atom is -0.467 e. The second-order valence-corrected chi connectivity index (χ2v) is 13.2. The van der Waals surface area contributed by atoms with E-state index in [2.05, 4.69) is 10.5 Å². The van der Waals surface area contributed by atoms with Crippen molar-refractivity contribution in [1.29, 1.82) is 0 Å². The smallest absolute Gasteiger partial charge is 0.407 e. The van der Waals surface area contributed by atoms with E-state index in [1.807, 2.05) is 64.0 Å². The molecule has 0 spiro atoms. The maximum absolute atomic E-state index is 13.5. The van der Waals surface area contributed by atoms with Crippen LogP contribution in [0.25, 0.3) is 11.3 Å². The van der Waals surface area contributed by atoms with E-state index in [9.17, 15) is 14.7 Å². The number of carboxylic acid groups (broad SMARTS) is 1. The predicted octanol–water partition coefficient (Wildman–Crippen LogP) is 5.49. The van der Waals surface area contributed by atoms with Crippen LogP contribution in [0.2, 0.25) is 0 Å². The van der Waals surface area contributed by atoms with Crippen molar-refractivity contribution in [3.8, 4) is 34.3 Å². The van der Waals surface area contributed by atoms with Crippen LogP contribution in [0, 0.1) is 5.41 Å². The quantitative estimate of drug-likeness (QED) is 0.126. The summed E-state index contributed by atoms with van der Waals surface area (Å²) in [6.07, 6.45) is -0.0312. The molecule has 1 fully saturated rings. The van der Waals surface area contributed by atoms with Crippen molar-refractivity contribution in [1.82, 2.24) is 15.4 Å². The Morgan fingerprint density at radius 2 is 1.59 bits per heavy atom. The Morgan fingerprint density at radius 1 is 0.941 bits per heavy atom. The van der Waals surface area contributed by atoms with Gasteiger partial charge in [0.2, 0.25) is 0 Å². The second kappa shape index (κ2) is 18.6. The molecule has 2 atom stereocenters. The Morgan fingerprint density at radius 3 is 2.20 bits per heavy atom. The third-order valence-corrected chi connectivity index (χ3v) is 8.26. The first kappa shape index (κ1) is 39.2. The summed E-state index contributed by atoms with van der Waals surface area (Å²) < 4.78 is 45.3. The van der Waals surface area contributed by atoms with Gasteiger partial charge in [0.25, 0.3) is 5.91 Å². The zero-order valence-corrected chi connectivity index (χ0v) is 30.4. The van der Waals surface area contributed by atoms with Gasteiger partial charge in [-0.25, -0.2) is 4.79 Å². The molecule has 15 nitrogen and oxygen atoms in total. The highest BCUT2D eigenvalue weighted by Gasteiger charge is 2.39. The summed E-state index contributed by atoms with van der Waals surface area (Å²) in [4.78, 5) is 28.8. The highest BCUT2D eigenvalue weighted by atomic mass is 16.7. The monoisotopic (exact) mass is 714 g/mol. The first-order valence-corrected chi connectivity index (χ1v) is 16.7. The number of carbonyl (C=O) groups excluding carboxylic acids is 1. The highest BCUT2D eigenvalue weighted by Crippen LogP contribution is 2.44. The molecule has 0 radical (unpaired) electrons. The SMILES string of the molecule is COCCOCOc1cc(OCOCCOC)c(-c2cc(C(=O)NC3CCN(C(=O)O)C(C(C)(C)C)C3)no2)c(Oc2ccc(N(C)C)cc2)c1. The van der Waals surface area contributed by atoms with E-state index in [1.165, 1.54) is 11.0 Å². The summed E-state index contributed by atoms with van der Waals surface area (Å²) in [6.45, 7) is 7.51. The van der Waals surface area contributed by atoms with Crippen molar-refractivity contribution in [2.24, 2.45) is 5.41 Å². The Balaban J connectivity index is 1.65. The molecule has 0 aliphatic carbocycles. The summed E-state index contributed by atoms with van der Waals surface area (Å²) in [5, 5.41) is 16.9. The van der Waals surface area contributed by atoms with E-state index in [1.54, 1.807) is 26.4 Å². The van der Waals surface area contributed by atoms with Gasteiger partial charge in [-0.3, -0.25) is 4.79 Å². The van der Waals surface area contributed by atoms with Gasteiger partial charge in [0, 0.05) is 70.8 Å². The van der Waals surface area contributed by atoms with E-state index in [-0.39, 0.29) is 48.3 Å². The van der Waals surface area contributed by atoms with Crippen LogP contribution >= 0.6 is 0 Å². The van der Waals surface area contributed by atoms with Crippen LogP contribution in [0.5, 0.6) is 23.0 Å². The Bertz CT molecular complexity index is 1560. The van der Waals surface area contributed by atoms with E-state index >= 15 is 0 Å². The summed E-state index contributed by atoms with van der Waals surface area (Å²) in [6, 6.07) is 11.8. The number of nitrogens with one attached hydrogen (secondary N) is 1. The molecule has 2 heterocycles. The van der Waals surface area contributed by atoms with Gasteiger partial charge >= 0.3 is 6.09 Å². The first-order chi connectivity index (χ1) is 24.4. The number of nitrogens with zero attached hydrogens (tertiary/aromatic N) is 3. The van der Waals surface area contributed by atoms with Gasteiger partial charge in [-0.05, 0) is 42.5 Å². The van der Waals surface area contributed by atoms with Crippen molar-refractivity contribution >= 4 is 17.7 Å². The second-order valence-electron chi connectivity index (χ2n) is 13.2. The Hall–Kier alpha value is -4.57. The van der Waals surface area contributed by atoms with Crippen molar-refractivity contribution in [2.45, 2.75) is 45.7 Å². The normalized spacial score (nSPS) is 16.1. The number of rotatable bonds is 18. The number of anilines is 1. The number of ether oxygens (including phenoxy) is 7. The molecule has 51 heavy (non-hydrogen) atoms. The lowest BCUT2D eigenvalue weighted by Crippen LogP contribution is -2.56. The van der Waals surface area contributed by atoms with E-state index < -0.39 is 12.0 Å². The number of hydrogen-bond acceptors (Lipinski definition) is 12. The number of amides is 2. The molecule has 1 aliphatic rings. The van der Waals surface area contributed by atoms with Crippen LogP contribution in [-0.4, -0.2) is 114 Å². The van der Waals surface area contributed by atoms with E-state index in [0.29, 0.717) is 68.6 Å². The van der Waals surface area contributed by atoms with Gasteiger partial charge in [0.1, 0.15) is 28.6 Å². The molecule has 0 bridgehead atoms. The molecular formula is C36H50N4O11. The maximum Gasteiger partial charge on any atom is 0.407 e. The van der Waals surface area contributed by atoms with Gasteiger partial charge in [-0.15, -0.1) is 0 Å². The molecule has 1 aromatic heterocycles. The predicted molar refractivity (Wildman–Crippen MR) is 188 cm³/mol. The Kier molecular flexibility index (Phi) is 14.3. The molecule has 4 rings (SSSR count). The van der Waals surface area contributed by atoms with Gasteiger partial charge < -0.3 is 57.9 Å². The topological polar surface area (TPSA) is 164 Å². The molecule has 15 heteroatoms. The average Bonchev–Trinajstić information content (AvgIpc) is 3.58. The van der Waals surface area contributed by atoms with Gasteiger partial charge in [0.15, 0.2) is 25.0 Å². The fraction of sp³-hybridized carbons (Fsp3) is 0.528. The van der Waals surface area contributed by atoms with Gasteiger partial charge in [-0.2, -0.15) is 0 Å². The lowest BCUT2D eigenvalue weighted by Gasteiger charge is -2.44. The number of carbonyl (C=O) groups is 2. The number of methoxy groups -OCH3 is 2. The van der Waals surface area contributed by atoms with Crippen LogP contribution in [0.4, 0.5) is 10.5 Å². The molecule has 3 aromatic rings. The molecule has 2 unspecified atom stereocenters. The molecule has 2 aromatic carbocycles. The molecular weight excluding hydrogens is 664 g/mol.